The van der Waals surface area contributed by atoms with E-state index in [2.05, 4.69) is 20.8 Å². The van der Waals surface area contributed by atoms with Crippen LogP contribution >= 0.6 is 11.6 Å². The van der Waals surface area contributed by atoms with Crippen molar-refractivity contribution >= 4 is 29.1 Å². The zero-order chi connectivity index (χ0) is 20.8. The second-order valence-electron chi connectivity index (χ2n) is 6.41. The minimum absolute atomic E-state index is 0.132. The number of anilines is 1. The lowest BCUT2D eigenvalue weighted by molar-refractivity contribution is -0.115. The van der Waals surface area contributed by atoms with Crippen LogP contribution in [0.5, 0.6) is 0 Å². The Labute approximate surface area is 171 Å². The Morgan fingerprint density at radius 3 is 2.66 bits per heavy atom. The van der Waals surface area contributed by atoms with E-state index >= 15 is 0 Å². The molecule has 7 nitrogen and oxygen atoms in total. The van der Waals surface area contributed by atoms with Crippen LogP contribution in [-0.4, -0.2) is 33.1 Å². The zero-order valence-corrected chi connectivity index (χ0v) is 16.4. The second kappa shape index (κ2) is 9.29. The van der Waals surface area contributed by atoms with Gasteiger partial charge in [-0.1, -0.05) is 23.7 Å². The van der Waals surface area contributed by atoms with E-state index in [1.165, 1.54) is 18.2 Å². The summed E-state index contributed by atoms with van der Waals surface area (Å²) in [6.07, 6.45) is 2.92. The van der Waals surface area contributed by atoms with Gasteiger partial charge in [-0.05, 0) is 36.8 Å². The van der Waals surface area contributed by atoms with Crippen molar-refractivity contribution in [2.24, 2.45) is 0 Å². The molecule has 0 saturated heterocycles. The maximum Gasteiger partial charge on any atom is 0.251 e. The van der Waals surface area contributed by atoms with Crippen LogP contribution in [0.25, 0.3) is 0 Å². The van der Waals surface area contributed by atoms with Crippen LogP contribution in [0.1, 0.15) is 21.5 Å². The molecule has 3 rings (SSSR count). The van der Waals surface area contributed by atoms with Crippen LogP contribution in [-0.2, 0) is 17.8 Å². The quantitative estimate of drug-likeness (QED) is 0.620. The van der Waals surface area contributed by atoms with E-state index in [4.69, 9.17) is 11.6 Å². The smallest absolute Gasteiger partial charge is 0.251 e. The van der Waals surface area contributed by atoms with Crippen molar-refractivity contribution in [3.8, 4) is 0 Å². The van der Waals surface area contributed by atoms with E-state index in [1.54, 1.807) is 42.3 Å². The summed E-state index contributed by atoms with van der Waals surface area (Å²) in [6.45, 7) is 2.75. The third-order valence-electron chi connectivity index (χ3n) is 4.30. The highest BCUT2D eigenvalue weighted by atomic mass is 35.5. The predicted octanol–water partition coefficient (Wildman–Crippen LogP) is 2.99. The van der Waals surface area contributed by atoms with Gasteiger partial charge in [0.25, 0.3) is 5.91 Å². The number of carbonyl (C=O) groups excluding carboxylic acids is 2. The number of nitrogens with one attached hydrogen (secondary N) is 2. The highest BCUT2D eigenvalue weighted by Crippen LogP contribution is 2.21. The average Bonchev–Trinajstić information content (AvgIpc) is 3.20. The molecule has 0 bridgehead atoms. The van der Waals surface area contributed by atoms with Gasteiger partial charge in [0.15, 0.2) is 0 Å². The van der Waals surface area contributed by atoms with E-state index in [0.29, 0.717) is 24.3 Å². The van der Waals surface area contributed by atoms with E-state index in [1.807, 2.05) is 0 Å². The molecule has 0 radical (unpaired) electrons. The van der Waals surface area contributed by atoms with Gasteiger partial charge in [0, 0.05) is 34.9 Å². The fourth-order valence-electron chi connectivity index (χ4n) is 2.69. The molecule has 0 fully saturated rings. The topological polar surface area (TPSA) is 88.9 Å². The summed E-state index contributed by atoms with van der Waals surface area (Å²) in [5, 5.41) is 13.1. The van der Waals surface area contributed by atoms with Crippen LogP contribution in [0.2, 0.25) is 5.02 Å². The molecule has 2 amide bonds. The first-order valence-electron chi connectivity index (χ1n) is 8.88. The van der Waals surface area contributed by atoms with Crippen LogP contribution < -0.4 is 10.6 Å². The first-order valence-corrected chi connectivity index (χ1v) is 9.26. The molecule has 0 aliphatic heterocycles. The minimum Gasteiger partial charge on any atom is -0.350 e. The van der Waals surface area contributed by atoms with E-state index in [0.717, 1.165) is 5.56 Å². The Morgan fingerprint density at radius 1 is 1.17 bits per heavy atom. The number of nitrogens with zero attached hydrogens (tertiary/aromatic N) is 3. The van der Waals surface area contributed by atoms with Gasteiger partial charge in [0.2, 0.25) is 5.91 Å². The summed E-state index contributed by atoms with van der Waals surface area (Å²) in [4.78, 5) is 24.7. The Morgan fingerprint density at radius 2 is 1.93 bits per heavy atom. The lowest BCUT2D eigenvalue weighted by atomic mass is 10.1. The molecule has 0 aliphatic rings. The summed E-state index contributed by atoms with van der Waals surface area (Å²) in [5.74, 6) is -1.23. The highest BCUT2D eigenvalue weighted by molar-refractivity contribution is 6.31. The van der Waals surface area contributed by atoms with Crippen molar-refractivity contribution in [2.75, 3.05) is 11.9 Å². The van der Waals surface area contributed by atoms with Gasteiger partial charge in [-0.15, -0.1) is 10.2 Å². The molecule has 3 aromatic rings. The van der Waals surface area contributed by atoms with Gasteiger partial charge in [0.1, 0.15) is 18.5 Å². The summed E-state index contributed by atoms with van der Waals surface area (Å²) in [6, 6.07) is 9.26. The lowest BCUT2D eigenvalue weighted by Gasteiger charge is -2.12. The van der Waals surface area contributed by atoms with Gasteiger partial charge in [-0.25, -0.2) is 4.39 Å². The number of amides is 2. The van der Waals surface area contributed by atoms with Crippen molar-refractivity contribution in [1.29, 1.82) is 0 Å². The molecule has 29 heavy (non-hydrogen) atoms. The molecule has 0 saturated carbocycles. The van der Waals surface area contributed by atoms with Crippen LogP contribution in [0, 0.1) is 12.7 Å². The number of aromatic nitrogens is 3. The molecule has 0 spiro atoms. The first kappa shape index (κ1) is 20.5. The highest BCUT2D eigenvalue weighted by Gasteiger charge is 2.14. The second-order valence-corrected chi connectivity index (χ2v) is 6.82. The SMILES string of the molecule is Cc1ccc(C(=O)NCCn2cnnc2)cc1NC(=O)Cc1c(F)cccc1Cl. The maximum atomic E-state index is 13.9. The lowest BCUT2D eigenvalue weighted by Crippen LogP contribution is -2.27. The molecule has 1 heterocycles. The van der Waals surface area contributed by atoms with Crippen molar-refractivity contribution in [3.63, 3.8) is 0 Å². The number of carbonyl (C=O) groups is 2. The fraction of sp³-hybridized carbons (Fsp3) is 0.200. The predicted molar refractivity (Wildman–Crippen MR) is 107 cm³/mol. The van der Waals surface area contributed by atoms with E-state index < -0.39 is 11.7 Å². The molecule has 2 aromatic carbocycles. The van der Waals surface area contributed by atoms with Gasteiger partial charge >= 0.3 is 0 Å². The summed E-state index contributed by atoms with van der Waals surface area (Å²) in [7, 11) is 0. The summed E-state index contributed by atoms with van der Waals surface area (Å²) >= 11 is 5.98. The van der Waals surface area contributed by atoms with Crippen molar-refractivity contribution in [2.45, 2.75) is 19.9 Å². The molecule has 0 aliphatic carbocycles. The van der Waals surface area contributed by atoms with Gasteiger partial charge < -0.3 is 15.2 Å². The van der Waals surface area contributed by atoms with Gasteiger partial charge in [-0.2, -0.15) is 0 Å². The average molecular weight is 416 g/mol. The van der Waals surface area contributed by atoms with Crippen LogP contribution in [0.15, 0.2) is 49.1 Å². The zero-order valence-electron chi connectivity index (χ0n) is 15.7. The third kappa shape index (κ3) is 5.39. The molecule has 150 valence electrons. The minimum atomic E-state index is -0.536. The van der Waals surface area contributed by atoms with Gasteiger partial charge in [0.05, 0.1) is 6.42 Å². The number of benzene rings is 2. The van der Waals surface area contributed by atoms with Crippen LogP contribution in [0.3, 0.4) is 0 Å². The first-order chi connectivity index (χ1) is 13.9. The number of hydrogen-bond acceptors (Lipinski definition) is 4. The van der Waals surface area contributed by atoms with Gasteiger partial charge in [-0.3, -0.25) is 9.59 Å². The Hall–Kier alpha value is -3.26. The fourth-order valence-corrected chi connectivity index (χ4v) is 2.92. The molecule has 2 N–H and O–H groups in total. The monoisotopic (exact) mass is 415 g/mol. The Kier molecular flexibility index (Phi) is 6.56. The molecular formula is C20H19ClFN5O2. The molecule has 1 aromatic heterocycles. The molecular weight excluding hydrogens is 397 g/mol. The number of rotatable bonds is 7. The molecule has 0 atom stereocenters. The van der Waals surface area contributed by atoms with E-state index in [9.17, 15) is 14.0 Å². The van der Waals surface area contributed by atoms with Crippen molar-refractivity contribution < 1.29 is 14.0 Å². The largest absolute Gasteiger partial charge is 0.350 e. The Bertz CT molecular complexity index is 1000. The molecule has 9 heteroatoms. The summed E-state index contributed by atoms with van der Waals surface area (Å²) < 4.78 is 15.6. The number of halogens is 2. The standard InChI is InChI=1S/C20H19ClFN5O2/c1-13-5-6-14(20(29)23-7-8-27-11-24-25-12-27)9-18(13)26-19(28)10-15-16(21)3-2-4-17(15)22/h2-6,9,11-12H,7-8,10H2,1H3,(H,23,29)(H,26,28). The van der Waals surface area contributed by atoms with Crippen LogP contribution in [0.4, 0.5) is 10.1 Å². The summed E-state index contributed by atoms with van der Waals surface area (Å²) in [5.41, 5.74) is 1.79. The van der Waals surface area contributed by atoms with Crippen molar-refractivity contribution in [1.82, 2.24) is 20.1 Å². The van der Waals surface area contributed by atoms with Crippen molar-refractivity contribution in [3.05, 3.63) is 76.6 Å². The number of aryl methyl sites for hydroxylation is 1. The maximum absolute atomic E-state index is 13.9. The normalized spacial score (nSPS) is 10.6. The Balaban J connectivity index is 1.63. The third-order valence-corrected chi connectivity index (χ3v) is 4.65. The van der Waals surface area contributed by atoms with E-state index in [-0.39, 0.29) is 22.9 Å². The number of hydrogen-bond donors (Lipinski definition) is 2. The molecule has 0 unspecified atom stereocenters.